The van der Waals surface area contributed by atoms with Gasteiger partial charge in [0.05, 0.1) is 5.75 Å². The molecule has 5 nitrogen and oxygen atoms in total. The van der Waals surface area contributed by atoms with Crippen molar-refractivity contribution in [1.82, 2.24) is 4.90 Å². The number of carbonyl (C=O) groups excluding carboxylic acids is 2. The zero-order chi connectivity index (χ0) is 10.8. The van der Waals surface area contributed by atoms with Crippen molar-refractivity contribution >= 4 is 28.7 Å². The van der Waals surface area contributed by atoms with Crippen molar-refractivity contribution in [2.24, 2.45) is 16.6 Å². The Morgan fingerprint density at radius 1 is 1.47 bits per heavy atom. The molecule has 0 bridgehead atoms. The maximum Gasteiger partial charge on any atom is 0.258 e. The molecule has 2 aliphatic heterocycles. The van der Waals surface area contributed by atoms with Gasteiger partial charge in [-0.2, -0.15) is 4.99 Å². The number of nitrogens with zero attached hydrogens (tertiary/aromatic N) is 2. The average molecular weight is 227 g/mol. The molecule has 0 saturated carbocycles. The number of amidine groups is 1. The molecular formula is C9H13N3O2S. The van der Waals surface area contributed by atoms with Crippen LogP contribution in [0.4, 0.5) is 0 Å². The van der Waals surface area contributed by atoms with Gasteiger partial charge >= 0.3 is 0 Å². The summed E-state index contributed by atoms with van der Waals surface area (Å²) in [6, 6.07) is 0. The van der Waals surface area contributed by atoms with E-state index >= 15 is 0 Å². The Balaban J connectivity index is 1.91. The molecule has 82 valence electrons. The summed E-state index contributed by atoms with van der Waals surface area (Å²) in [5.74, 6) is 0.160. The molecule has 15 heavy (non-hydrogen) atoms. The number of amides is 2. The number of hydrogen-bond donors (Lipinski definition) is 1. The van der Waals surface area contributed by atoms with Gasteiger partial charge in [0.2, 0.25) is 5.91 Å². The number of primary amides is 1. The van der Waals surface area contributed by atoms with Crippen molar-refractivity contribution in [3.63, 3.8) is 0 Å². The third-order valence-electron chi connectivity index (χ3n) is 2.71. The van der Waals surface area contributed by atoms with Crippen LogP contribution in [0.2, 0.25) is 0 Å². The molecule has 0 aromatic rings. The molecule has 0 aromatic carbocycles. The second kappa shape index (κ2) is 4.22. The lowest BCUT2D eigenvalue weighted by atomic mass is 9.97. The molecule has 0 atom stereocenters. The number of rotatable bonds is 1. The van der Waals surface area contributed by atoms with Gasteiger partial charge in [0.15, 0.2) is 5.17 Å². The van der Waals surface area contributed by atoms with Gasteiger partial charge in [0, 0.05) is 19.0 Å². The van der Waals surface area contributed by atoms with E-state index < -0.39 is 0 Å². The fourth-order valence-electron chi connectivity index (χ4n) is 1.81. The number of likely N-dealkylation sites (tertiary alicyclic amines) is 1. The monoisotopic (exact) mass is 227 g/mol. The maximum atomic E-state index is 11.0. The van der Waals surface area contributed by atoms with Crippen molar-refractivity contribution < 1.29 is 9.59 Å². The van der Waals surface area contributed by atoms with E-state index in [1.807, 2.05) is 0 Å². The van der Waals surface area contributed by atoms with Crippen molar-refractivity contribution in [2.75, 3.05) is 18.8 Å². The van der Waals surface area contributed by atoms with Crippen LogP contribution in [0.1, 0.15) is 12.8 Å². The van der Waals surface area contributed by atoms with Crippen LogP contribution in [-0.2, 0) is 9.59 Å². The van der Waals surface area contributed by atoms with Crippen LogP contribution in [0.5, 0.6) is 0 Å². The number of piperidine rings is 1. The van der Waals surface area contributed by atoms with Gasteiger partial charge in [-0.05, 0) is 12.8 Å². The highest BCUT2D eigenvalue weighted by Gasteiger charge is 2.27. The summed E-state index contributed by atoms with van der Waals surface area (Å²) in [4.78, 5) is 27.9. The maximum absolute atomic E-state index is 11.0. The smallest absolute Gasteiger partial charge is 0.258 e. The topological polar surface area (TPSA) is 75.8 Å². The third-order valence-corrected chi connectivity index (χ3v) is 3.71. The molecule has 2 rings (SSSR count). The van der Waals surface area contributed by atoms with E-state index in [0.29, 0.717) is 5.75 Å². The number of nitrogens with two attached hydrogens (primary N) is 1. The summed E-state index contributed by atoms with van der Waals surface area (Å²) in [5.41, 5.74) is 5.24. The standard InChI is InChI=1S/C9H13N3O2S/c10-8(14)6-1-3-12(4-2-6)9-11-7(13)5-15-9/h6H,1-5H2,(H2,10,14). The van der Waals surface area contributed by atoms with Gasteiger partial charge in [-0.15, -0.1) is 0 Å². The van der Waals surface area contributed by atoms with Gasteiger partial charge in [-0.25, -0.2) is 0 Å². The predicted octanol–water partition coefficient (Wildman–Crippen LogP) is -0.187. The highest BCUT2D eigenvalue weighted by molar-refractivity contribution is 8.14. The Hall–Kier alpha value is -1.04. The molecule has 2 aliphatic rings. The normalized spacial score (nSPS) is 23.1. The van der Waals surface area contributed by atoms with Crippen LogP contribution >= 0.6 is 11.8 Å². The first-order chi connectivity index (χ1) is 7.16. The van der Waals surface area contributed by atoms with Crippen LogP contribution in [0.25, 0.3) is 0 Å². The molecule has 0 radical (unpaired) electrons. The van der Waals surface area contributed by atoms with Crippen LogP contribution in [0.15, 0.2) is 4.99 Å². The fourth-order valence-corrected chi connectivity index (χ4v) is 2.66. The first kappa shape index (κ1) is 10.5. The lowest BCUT2D eigenvalue weighted by Gasteiger charge is -2.31. The van der Waals surface area contributed by atoms with E-state index in [2.05, 4.69) is 9.89 Å². The molecule has 2 N–H and O–H groups in total. The summed E-state index contributed by atoms with van der Waals surface area (Å²) in [7, 11) is 0. The van der Waals surface area contributed by atoms with Gasteiger partial charge in [-0.1, -0.05) is 11.8 Å². The lowest BCUT2D eigenvalue weighted by molar-refractivity contribution is -0.123. The summed E-state index contributed by atoms with van der Waals surface area (Å²) < 4.78 is 0. The lowest BCUT2D eigenvalue weighted by Crippen LogP contribution is -2.40. The highest BCUT2D eigenvalue weighted by atomic mass is 32.2. The van der Waals surface area contributed by atoms with Crippen molar-refractivity contribution in [1.29, 1.82) is 0 Å². The molecule has 0 spiro atoms. The number of hydrogen-bond acceptors (Lipinski definition) is 4. The summed E-state index contributed by atoms with van der Waals surface area (Å²) >= 11 is 1.48. The van der Waals surface area contributed by atoms with E-state index in [1.165, 1.54) is 11.8 Å². The van der Waals surface area contributed by atoms with E-state index in [9.17, 15) is 9.59 Å². The molecule has 0 aromatic heterocycles. The van der Waals surface area contributed by atoms with Crippen LogP contribution in [0, 0.1) is 5.92 Å². The largest absolute Gasteiger partial charge is 0.369 e. The van der Waals surface area contributed by atoms with Gasteiger partial charge in [0.25, 0.3) is 5.91 Å². The summed E-state index contributed by atoms with van der Waals surface area (Å²) in [6.07, 6.45) is 1.53. The second-order valence-corrected chi connectivity index (χ2v) is 4.68. The Morgan fingerprint density at radius 2 is 2.13 bits per heavy atom. The molecular weight excluding hydrogens is 214 g/mol. The summed E-state index contributed by atoms with van der Waals surface area (Å²) in [6.45, 7) is 1.54. The zero-order valence-electron chi connectivity index (χ0n) is 8.31. The molecule has 0 unspecified atom stereocenters. The first-order valence-electron chi connectivity index (χ1n) is 4.95. The molecule has 1 saturated heterocycles. The molecule has 0 aliphatic carbocycles. The van der Waals surface area contributed by atoms with Gasteiger partial charge in [0.1, 0.15) is 0 Å². The molecule has 1 fully saturated rings. The van der Waals surface area contributed by atoms with Crippen molar-refractivity contribution in [2.45, 2.75) is 12.8 Å². The minimum atomic E-state index is -0.216. The Kier molecular flexibility index (Phi) is 2.95. The molecule has 2 heterocycles. The minimum Gasteiger partial charge on any atom is -0.369 e. The third kappa shape index (κ3) is 2.31. The van der Waals surface area contributed by atoms with E-state index in [1.54, 1.807) is 0 Å². The van der Waals surface area contributed by atoms with Crippen molar-refractivity contribution in [3.05, 3.63) is 0 Å². The first-order valence-corrected chi connectivity index (χ1v) is 5.94. The quantitative estimate of drug-likeness (QED) is 0.674. The second-order valence-electron chi connectivity index (χ2n) is 3.74. The van der Waals surface area contributed by atoms with E-state index in [4.69, 9.17) is 5.73 Å². The Labute approximate surface area is 92.1 Å². The zero-order valence-corrected chi connectivity index (χ0v) is 9.13. The average Bonchev–Trinajstić information content (AvgIpc) is 2.65. The number of carbonyl (C=O) groups is 2. The van der Waals surface area contributed by atoms with Crippen molar-refractivity contribution in [3.8, 4) is 0 Å². The number of aliphatic imine (C=N–C) groups is 1. The van der Waals surface area contributed by atoms with Gasteiger partial charge in [-0.3, -0.25) is 9.59 Å². The SMILES string of the molecule is NC(=O)C1CCN(C2=NC(=O)CS2)CC1. The Morgan fingerprint density at radius 3 is 2.60 bits per heavy atom. The van der Waals surface area contributed by atoms with Gasteiger partial charge < -0.3 is 10.6 Å². The fraction of sp³-hybridized carbons (Fsp3) is 0.667. The Bertz CT molecular complexity index is 321. The molecule has 2 amide bonds. The summed E-state index contributed by atoms with van der Waals surface area (Å²) in [5, 5.41) is 0.808. The van der Waals surface area contributed by atoms with Crippen LogP contribution in [-0.4, -0.2) is 40.7 Å². The van der Waals surface area contributed by atoms with E-state index in [0.717, 1.165) is 31.1 Å². The van der Waals surface area contributed by atoms with Crippen LogP contribution < -0.4 is 5.73 Å². The van der Waals surface area contributed by atoms with E-state index in [-0.39, 0.29) is 17.7 Å². The number of thioether (sulfide) groups is 1. The predicted molar refractivity (Wildman–Crippen MR) is 58.4 cm³/mol. The minimum absolute atomic E-state index is 0.0102. The van der Waals surface area contributed by atoms with Crippen LogP contribution in [0.3, 0.4) is 0 Å². The molecule has 6 heteroatoms. The highest BCUT2D eigenvalue weighted by Crippen LogP contribution is 2.23.